The lowest BCUT2D eigenvalue weighted by atomic mass is 9.70. The predicted octanol–water partition coefficient (Wildman–Crippen LogP) is 5.48. The summed E-state index contributed by atoms with van der Waals surface area (Å²) in [5.74, 6) is 9.19. The molecule has 0 unspecified atom stereocenters. The monoisotopic (exact) mass is 876 g/mol. The minimum Gasteiger partial charge on any atom is -0.451 e. The Morgan fingerprint density at radius 1 is 0.722 bits per heavy atom. The third kappa shape index (κ3) is 7.10. The van der Waals surface area contributed by atoms with Crippen LogP contribution in [-0.4, -0.2) is 74.0 Å². The van der Waals surface area contributed by atoms with E-state index in [1.807, 2.05) is 0 Å². The molecule has 0 radical (unpaired) electrons. The van der Waals surface area contributed by atoms with Gasteiger partial charge in [-0.3, -0.25) is 0 Å². The van der Waals surface area contributed by atoms with Crippen LogP contribution in [0.25, 0.3) is 0 Å². The van der Waals surface area contributed by atoms with Gasteiger partial charge in [-0.15, -0.1) is 0 Å². The van der Waals surface area contributed by atoms with Gasteiger partial charge in [-0.2, -0.15) is 0 Å². The van der Waals surface area contributed by atoms with Crippen molar-refractivity contribution in [2.75, 3.05) is 13.2 Å². The van der Waals surface area contributed by atoms with Crippen molar-refractivity contribution in [1.82, 2.24) is 10.6 Å². The number of hydrogen-bond acceptors (Lipinski definition) is 12. The van der Waals surface area contributed by atoms with E-state index in [1.165, 1.54) is 0 Å². The van der Waals surface area contributed by atoms with Crippen molar-refractivity contribution >= 4 is 55.7 Å². The first-order valence-corrected chi connectivity index (χ1v) is 20.2. The highest BCUT2D eigenvalue weighted by molar-refractivity contribution is 9.12. The molecule has 4 saturated carbocycles. The first-order chi connectivity index (χ1) is 25.3. The summed E-state index contributed by atoms with van der Waals surface area (Å²) < 4.78 is 34.7. The van der Waals surface area contributed by atoms with Crippen LogP contribution in [0.3, 0.4) is 0 Å². The van der Waals surface area contributed by atoms with Crippen LogP contribution in [0.1, 0.15) is 93.9 Å². The fourth-order valence-electron chi connectivity index (χ4n) is 9.48. The van der Waals surface area contributed by atoms with Crippen molar-refractivity contribution < 1.29 is 47.6 Å². The smallest absolute Gasteiger partial charge is 0.349 e. The van der Waals surface area contributed by atoms with Crippen molar-refractivity contribution in [2.24, 2.45) is 33.5 Å². The molecule has 0 amide bonds. The van der Waals surface area contributed by atoms with E-state index in [2.05, 4.69) is 108 Å². The van der Waals surface area contributed by atoms with Crippen molar-refractivity contribution in [3.8, 4) is 23.7 Å². The van der Waals surface area contributed by atoms with Crippen molar-refractivity contribution in [2.45, 2.75) is 131 Å². The Morgan fingerprint density at radius 2 is 1.09 bits per heavy atom. The molecule has 2 aliphatic heterocycles. The molecule has 0 aromatic heterocycles. The number of ether oxygens (including phenoxy) is 6. The maximum absolute atomic E-state index is 12.7. The van der Waals surface area contributed by atoms with Crippen molar-refractivity contribution in [3.05, 3.63) is 20.4 Å². The zero-order chi connectivity index (χ0) is 39.4. The van der Waals surface area contributed by atoms with Crippen LogP contribution < -0.4 is 10.6 Å². The molecule has 0 aromatic rings. The predicted molar refractivity (Wildman–Crippen MR) is 203 cm³/mol. The summed E-state index contributed by atoms with van der Waals surface area (Å²) in [6, 6.07) is -1.66. The van der Waals surface area contributed by atoms with E-state index in [0.717, 1.165) is 38.5 Å². The molecule has 6 rings (SSSR count). The molecule has 6 aliphatic rings. The van der Waals surface area contributed by atoms with Crippen LogP contribution in [0.5, 0.6) is 0 Å². The molecule has 54 heavy (non-hydrogen) atoms. The Balaban J connectivity index is 0.921. The first kappa shape index (κ1) is 40.6. The topological polar surface area (TPSA) is 148 Å². The van der Waals surface area contributed by atoms with E-state index in [1.54, 1.807) is 13.8 Å². The van der Waals surface area contributed by atoms with Gasteiger partial charge in [0, 0.05) is 0 Å². The van der Waals surface area contributed by atoms with Crippen LogP contribution >= 0.6 is 31.9 Å². The second-order valence-corrected chi connectivity index (χ2v) is 18.5. The van der Waals surface area contributed by atoms with Gasteiger partial charge in [0.25, 0.3) is 0 Å². The molecule has 0 spiro atoms. The molecule has 0 saturated heterocycles. The molecule has 2 heterocycles. The van der Waals surface area contributed by atoms with E-state index in [9.17, 15) is 19.2 Å². The first-order valence-electron chi connectivity index (χ1n) is 18.7. The van der Waals surface area contributed by atoms with Gasteiger partial charge in [-0.1, -0.05) is 41.5 Å². The fraction of sp³-hybridized carbons (Fsp3) is 0.700. The number of nitrogens with one attached hydrogen (secondary N) is 2. The molecule has 10 atom stereocenters. The van der Waals surface area contributed by atoms with E-state index in [-0.39, 0.29) is 56.0 Å². The van der Waals surface area contributed by atoms with Crippen LogP contribution in [0.2, 0.25) is 0 Å². The molecule has 14 heteroatoms. The molecule has 4 fully saturated rings. The fourth-order valence-corrected chi connectivity index (χ4v) is 10.3. The lowest BCUT2D eigenvalue weighted by molar-refractivity contribution is -0.185. The summed E-state index contributed by atoms with van der Waals surface area (Å²) in [6.07, 6.45) is 4.13. The van der Waals surface area contributed by atoms with Crippen molar-refractivity contribution in [1.29, 1.82) is 0 Å². The summed E-state index contributed by atoms with van der Waals surface area (Å²) >= 11 is 6.57. The molecular weight excluding hydrogens is 828 g/mol. The Morgan fingerprint density at radius 3 is 1.41 bits per heavy atom. The summed E-state index contributed by atoms with van der Waals surface area (Å²) in [4.78, 5) is 50.3. The second-order valence-electron chi connectivity index (χ2n) is 17.0. The number of esters is 4. The van der Waals surface area contributed by atoms with Crippen LogP contribution in [0.15, 0.2) is 20.4 Å². The zero-order valence-corrected chi connectivity index (χ0v) is 35.3. The van der Waals surface area contributed by atoms with Gasteiger partial charge in [0.15, 0.2) is 13.2 Å². The van der Waals surface area contributed by atoms with Crippen molar-refractivity contribution in [3.63, 3.8) is 0 Å². The van der Waals surface area contributed by atoms with Gasteiger partial charge in [0.05, 0.1) is 12.2 Å². The van der Waals surface area contributed by atoms with Gasteiger partial charge < -0.3 is 39.1 Å². The van der Waals surface area contributed by atoms with Gasteiger partial charge >= 0.3 is 23.9 Å². The number of cyclic esters (lactones) is 2. The Hall–Kier alpha value is -3.04. The van der Waals surface area contributed by atoms with Gasteiger partial charge in [0.1, 0.15) is 32.4 Å². The SMILES string of the molecule is C[C@H](NC1=C(Br)C(=O)O[C@@H]1O[C@@H]1C[C@@H]2CC[C@@]1(C)C2(C)C)C(=O)OCC#CC#CCOC(=O)[C@H](C)NC1=C(Br)C(=O)O[C@@H]1O[C@@H]1C[C@@H]2CC[C@@]1(C)C2(C)C. The maximum Gasteiger partial charge on any atom is 0.349 e. The van der Waals surface area contributed by atoms with E-state index >= 15 is 0 Å². The number of carbonyl (C=O) groups is 4. The minimum absolute atomic E-state index is 0.0401. The number of fused-ring (bicyclic) bond motifs is 4. The highest BCUT2D eigenvalue weighted by atomic mass is 79.9. The average Bonchev–Trinajstić information content (AvgIpc) is 3.80. The summed E-state index contributed by atoms with van der Waals surface area (Å²) in [5.41, 5.74) is 0.855. The molecule has 4 bridgehead atoms. The number of hydrogen-bond donors (Lipinski definition) is 2. The molecule has 294 valence electrons. The summed E-state index contributed by atoms with van der Waals surface area (Å²) in [6.45, 7) is 16.4. The van der Waals surface area contributed by atoms with Crippen LogP contribution in [-0.2, 0) is 47.6 Å². The number of carbonyl (C=O) groups excluding carboxylic acids is 4. The minimum atomic E-state index is -0.957. The van der Waals surface area contributed by atoms with E-state index < -0.39 is 48.5 Å². The second kappa shape index (κ2) is 15.1. The standard InChI is InChI=1S/C40H50Br2N2O10/c1-21(43-29-27(41)33(47)53-35(29)51-25-19-23-13-15-39(25,7)37(23,3)4)31(45)49-17-11-9-10-12-18-50-32(46)22(2)44-30-28(42)34(48)54-36(30)52-26-20-24-14-16-40(26,8)38(24,5)6/h21-26,35-36,43-44H,13-20H2,1-8H3/t21-,22-,23-,24-,25+,26+,35-,36-,39+,40+/m0/s1. The Bertz CT molecular complexity index is 1660. The number of halogens is 2. The van der Waals surface area contributed by atoms with Gasteiger partial charge in [-0.25, -0.2) is 19.2 Å². The van der Waals surface area contributed by atoms with E-state index in [0.29, 0.717) is 23.2 Å². The lowest BCUT2D eigenvalue weighted by Crippen LogP contribution is -2.43. The van der Waals surface area contributed by atoms with Gasteiger partial charge in [-0.05, 0) is 141 Å². The Kier molecular flexibility index (Phi) is 11.4. The molecule has 4 aliphatic carbocycles. The molecule has 0 aromatic carbocycles. The van der Waals surface area contributed by atoms with E-state index in [4.69, 9.17) is 28.4 Å². The summed E-state index contributed by atoms with van der Waals surface area (Å²) in [5, 5.41) is 6.05. The maximum atomic E-state index is 12.7. The molecule has 2 N–H and O–H groups in total. The van der Waals surface area contributed by atoms with Crippen LogP contribution in [0, 0.1) is 57.2 Å². The quantitative estimate of drug-likeness (QED) is 0.146. The normalized spacial score (nSPS) is 35.1. The third-order valence-electron chi connectivity index (χ3n) is 14.0. The van der Waals surface area contributed by atoms with Gasteiger partial charge in [0.2, 0.25) is 12.6 Å². The van der Waals surface area contributed by atoms with Crippen LogP contribution in [0.4, 0.5) is 0 Å². The molecule has 12 nitrogen and oxygen atoms in total. The Labute approximate surface area is 334 Å². The zero-order valence-electron chi connectivity index (χ0n) is 32.1. The third-order valence-corrected chi connectivity index (χ3v) is 15.5. The lowest BCUT2D eigenvalue weighted by Gasteiger charge is -2.39. The highest BCUT2D eigenvalue weighted by Crippen LogP contribution is 2.67. The largest absolute Gasteiger partial charge is 0.451 e. The highest BCUT2D eigenvalue weighted by Gasteiger charge is 2.64. The number of rotatable bonds is 12. The molecular formula is C40H50Br2N2O10. The summed E-state index contributed by atoms with van der Waals surface area (Å²) in [7, 11) is 0. The average molecular weight is 879 g/mol.